The molecular formula is C18H34N2O3. The molecule has 134 valence electrons. The van der Waals surface area contributed by atoms with Crippen molar-refractivity contribution in [2.24, 2.45) is 11.8 Å². The third-order valence-corrected chi connectivity index (χ3v) is 5.07. The van der Waals surface area contributed by atoms with Crippen LogP contribution in [0, 0.1) is 11.8 Å². The number of methoxy groups -OCH3 is 1. The van der Waals surface area contributed by atoms with E-state index in [1.54, 1.807) is 14.2 Å². The molecular weight excluding hydrogens is 292 g/mol. The molecule has 1 fully saturated rings. The monoisotopic (exact) mass is 326 g/mol. The molecule has 1 N–H and O–H groups in total. The first-order chi connectivity index (χ1) is 10.9. The summed E-state index contributed by atoms with van der Waals surface area (Å²) in [7, 11) is 3.36. The Hall–Kier alpha value is -1.10. The fourth-order valence-corrected chi connectivity index (χ4v) is 3.62. The van der Waals surface area contributed by atoms with E-state index in [1.807, 2.05) is 11.8 Å². The van der Waals surface area contributed by atoms with E-state index in [2.05, 4.69) is 19.2 Å². The van der Waals surface area contributed by atoms with Crippen molar-refractivity contribution >= 4 is 11.8 Å². The van der Waals surface area contributed by atoms with Gasteiger partial charge < -0.3 is 15.0 Å². The summed E-state index contributed by atoms with van der Waals surface area (Å²) in [5, 5.41) is 2.69. The molecule has 1 saturated heterocycles. The van der Waals surface area contributed by atoms with Crippen LogP contribution in [0.3, 0.4) is 0 Å². The molecule has 1 rings (SSSR count). The van der Waals surface area contributed by atoms with E-state index in [4.69, 9.17) is 4.74 Å². The maximum atomic E-state index is 12.7. The smallest absolute Gasteiger partial charge is 0.225 e. The molecule has 0 spiro atoms. The largest absolute Gasteiger partial charge is 0.381 e. The third kappa shape index (κ3) is 5.79. The molecule has 0 bridgehead atoms. The number of ether oxygens (including phenoxy) is 1. The summed E-state index contributed by atoms with van der Waals surface area (Å²) in [5.74, 6) is 0.553. The average molecular weight is 326 g/mol. The van der Waals surface area contributed by atoms with Gasteiger partial charge in [-0.05, 0) is 31.6 Å². The number of rotatable bonds is 9. The molecule has 2 amide bonds. The SMILES string of the molecule is CCCC(C)C(CC(=O)N1CCCC1CC(C)C(=O)NC)OC. The standard InChI is InChI=1S/C18H34N2O3/c1-6-8-13(2)16(23-5)12-17(21)20-10-7-9-15(20)11-14(3)18(22)19-4/h13-16H,6-12H2,1-5H3,(H,19,22). The van der Waals surface area contributed by atoms with Gasteiger partial charge in [-0.3, -0.25) is 9.59 Å². The first-order valence-corrected chi connectivity index (χ1v) is 8.98. The summed E-state index contributed by atoms with van der Waals surface area (Å²) >= 11 is 0. The molecule has 0 aromatic rings. The van der Waals surface area contributed by atoms with Crippen molar-refractivity contribution in [3.05, 3.63) is 0 Å². The Labute approximate surface area is 141 Å². The lowest BCUT2D eigenvalue weighted by Gasteiger charge is -2.29. The minimum absolute atomic E-state index is 0.0138. The molecule has 1 aliphatic heterocycles. The topological polar surface area (TPSA) is 58.6 Å². The van der Waals surface area contributed by atoms with Crippen LogP contribution in [-0.2, 0) is 14.3 Å². The van der Waals surface area contributed by atoms with Gasteiger partial charge in [-0.15, -0.1) is 0 Å². The van der Waals surface area contributed by atoms with Gasteiger partial charge in [-0.2, -0.15) is 0 Å². The van der Waals surface area contributed by atoms with Crippen LogP contribution >= 0.6 is 0 Å². The normalized spacial score (nSPS) is 21.8. The minimum Gasteiger partial charge on any atom is -0.381 e. The van der Waals surface area contributed by atoms with Gasteiger partial charge in [0.25, 0.3) is 0 Å². The zero-order valence-electron chi connectivity index (χ0n) is 15.4. The lowest BCUT2D eigenvalue weighted by molar-refractivity contribution is -0.136. The number of nitrogens with one attached hydrogen (secondary N) is 1. The second kappa shape index (κ2) is 9.91. The lowest BCUT2D eigenvalue weighted by Crippen LogP contribution is -2.40. The summed E-state index contributed by atoms with van der Waals surface area (Å²) in [4.78, 5) is 26.4. The molecule has 0 aromatic heterocycles. The summed E-state index contributed by atoms with van der Waals surface area (Å²) in [6.07, 6.45) is 5.37. The second-order valence-electron chi connectivity index (χ2n) is 6.88. The van der Waals surface area contributed by atoms with Gasteiger partial charge >= 0.3 is 0 Å². The van der Waals surface area contributed by atoms with Gasteiger partial charge in [-0.25, -0.2) is 0 Å². The van der Waals surface area contributed by atoms with Gasteiger partial charge in [0.15, 0.2) is 0 Å². The molecule has 0 aromatic carbocycles. The van der Waals surface area contributed by atoms with Crippen molar-refractivity contribution < 1.29 is 14.3 Å². The van der Waals surface area contributed by atoms with Crippen molar-refractivity contribution in [2.75, 3.05) is 20.7 Å². The molecule has 23 heavy (non-hydrogen) atoms. The summed E-state index contributed by atoms with van der Waals surface area (Å²) in [6.45, 7) is 7.05. The van der Waals surface area contributed by atoms with Gasteiger partial charge in [-0.1, -0.05) is 27.2 Å². The van der Waals surface area contributed by atoms with E-state index in [-0.39, 0.29) is 29.9 Å². The molecule has 5 nitrogen and oxygen atoms in total. The lowest BCUT2D eigenvalue weighted by atomic mass is 9.95. The number of carbonyl (C=O) groups is 2. The molecule has 0 aliphatic carbocycles. The molecule has 5 heteroatoms. The fourth-order valence-electron chi connectivity index (χ4n) is 3.62. The van der Waals surface area contributed by atoms with Gasteiger partial charge in [0, 0.05) is 32.7 Å². The Morgan fingerprint density at radius 1 is 1.35 bits per heavy atom. The highest BCUT2D eigenvalue weighted by Crippen LogP contribution is 2.26. The molecule has 1 heterocycles. The van der Waals surface area contributed by atoms with E-state index >= 15 is 0 Å². The summed E-state index contributed by atoms with van der Waals surface area (Å²) in [6, 6.07) is 0.189. The number of likely N-dealkylation sites (tertiary alicyclic amines) is 1. The average Bonchev–Trinajstić information content (AvgIpc) is 2.99. The minimum atomic E-state index is -0.0596. The Kier molecular flexibility index (Phi) is 8.59. The van der Waals surface area contributed by atoms with Gasteiger partial charge in [0.1, 0.15) is 0 Å². The van der Waals surface area contributed by atoms with E-state index in [0.29, 0.717) is 12.3 Å². The fraction of sp³-hybridized carbons (Fsp3) is 0.889. The zero-order chi connectivity index (χ0) is 17.4. The van der Waals surface area contributed by atoms with Crippen LogP contribution in [-0.4, -0.2) is 49.6 Å². The second-order valence-corrected chi connectivity index (χ2v) is 6.88. The molecule has 0 saturated carbocycles. The summed E-state index contributed by atoms with van der Waals surface area (Å²) < 4.78 is 5.56. The zero-order valence-corrected chi connectivity index (χ0v) is 15.4. The molecule has 1 aliphatic rings. The molecule has 4 unspecified atom stereocenters. The first-order valence-electron chi connectivity index (χ1n) is 8.98. The highest BCUT2D eigenvalue weighted by atomic mass is 16.5. The number of hydrogen-bond donors (Lipinski definition) is 1. The quantitative estimate of drug-likeness (QED) is 0.708. The predicted octanol–water partition coefficient (Wildman–Crippen LogP) is 2.59. The Balaban J connectivity index is 2.61. The number of carbonyl (C=O) groups excluding carboxylic acids is 2. The Bertz CT molecular complexity index is 386. The molecule has 0 radical (unpaired) electrons. The Morgan fingerprint density at radius 2 is 2.04 bits per heavy atom. The van der Waals surface area contributed by atoms with Crippen LogP contribution in [0.1, 0.15) is 59.3 Å². The molecule has 4 atom stereocenters. The summed E-state index contributed by atoms with van der Waals surface area (Å²) in [5.41, 5.74) is 0. The third-order valence-electron chi connectivity index (χ3n) is 5.07. The predicted molar refractivity (Wildman–Crippen MR) is 92.1 cm³/mol. The van der Waals surface area contributed by atoms with Crippen molar-refractivity contribution in [2.45, 2.75) is 71.4 Å². The van der Waals surface area contributed by atoms with Crippen molar-refractivity contribution in [3.63, 3.8) is 0 Å². The number of amides is 2. The van der Waals surface area contributed by atoms with Crippen LogP contribution in [0.4, 0.5) is 0 Å². The number of nitrogens with zero attached hydrogens (tertiary/aromatic N) is 1. The van der Waals surface area contributed by atoms with Crippen molar-refractivity contribution in [1.82, 2.24) is 10.2 Å². The number of hydrogen-bond acceptors (Lipinski definition) is 3. The van der Waals surface area contributed by atoms with Crippen LogP contribution in [0.15, 0.2) is 0 Å². The van der Waals surface area contributed by atoms with E-state index in [0.717, 1.165) is 38.6 Å². The van der Waals surface area contributed by atoms with Crippen LogP contribution in [0.2, 0.25) is 0 Å². The van der Waals surface area contributed by atoms with E-state index in [1.165, 1.54) is 0 Å². The van der Waals surface area contributed by atoms with Crippen LogP contribution in [0.5, 0.6) is 0 Å². The van der Waals surface area contributed by atoms with Gasteiger partial charge in [0.2, 0.25) is 11.8 Å². The highest BCUT2D eigenvalue weighted by Gasteiger charge is 2.32. The van der Waals surface area contributed by atoms with Gasteiger partial charge in [0.05, 0.1) is 12.5 Å². The van der Waals surface area contributed by atoms with Crippen LogP contribution < -0.4 is 5.32 Å². The van der Waals surface area contributed by atoms with E-state index < -0.39 is 0 Å². The van der Waals surface area contributed by atoms with Crippen LogP contribution in [0.25, 0.3) is 0 Å². The highest BCUT2D eigenvalue weighted by molar-refractivity contribution is 5.79. The van der Waals surface area contributed by atoms with Crippen molar-refractivity contribution in [3.8, 4) is 0 Å². The maximum Gasteiger partial charge on any atom is 0.225 e. The van der Waals surface area contributed by atoms with Crippen molar-refractivity contribution in [1.29, 1.82) is 0 Å². The first kappa shape index (κ1) is 19.9. The maximum absolute atomic E-state index is 12.7. The van der Waals surface area contributed by atoms with E-state index in [9.17, 15) is 9.59 Å². The Morgan fingerprint density at radius 3 is 2.61 bits per heavy atom.